The van der Waals surface area contributed by atoms with Crippen LogP contribution in [0.4, 0.5) is 15.0 Å². The average Bonchev–Trinajstić information content (AvgIpc) is 3.54. The van der Waals surface area contributed by atoms with Gasteiger partial charge in [-0.05, 0) is 30.2 Å². The Morgan fingerprint density at radius 3 is 2.73 bits per heavy atom. The minimum Gasteiger partial charge on any atom is -0.496 e. The molecule has 0 unspecified atom stereocenters. The summed E-state index contributed by atoms with van der Waals surface area (Å²) in [6, 6.07) is 11.1. The molecule has 0 bridgehead atoms. The summed E-state index contributed by atoms with van der Waals surface area (Å²) < 4.78 is 20.4. The molecule has 4 N–H and O–H groups in total. The van der Waals surface area contributed by atoms with Gasteiger partial charge in [0.25, 0.3) is 5.91 Å². The second kappa shape index (κ2) is 9.72. The number of anilines is 1. The zero-order valence-corrected chi connectivity index (χ0v) is 19.9. The standard InChI is InChI=1S/C25H24FN7O4/c1-37-19-7-6-17(26)10-18(19)24(34)28-11-14-2-4-15(5-3-14)20-21-22(27)29-13-30-33(21)23(31-20)16-8-9-32(12-16)25(35)36/h2-7,10,13,16H,8-9,11-12H2,1H3,(H,28,34)(H,35,36)(H2,27,29,30)/t16-/m1/s1. The highest BCUT2D eigenvalue weighted by Gasteiger charge is 2.32. The number of nitrogen functional groups attached to an aromatic ring is 1. The van der Waals surface area contributed by atoms with Gasteiger partial charge in [0.05, 0.1) is 12.7 Å². The lowest BCUT2D eigenvalue weighted by Crippen LogP contribution is -2.26. The van der Waals surface area contributed by atoms with Crippen LogP contribution < -0.4 is 15.8 Å². The number of carbonyl (C=O) groups excluding carboxylic acids is 1. The van der Waals surface area contributed by atoms with Gasteiger partial charge in [-0.15, -0.1) is 0 Å². The Labute approximate surface area is 210 Å². The van der Waals surface area contributed by atoms with Gasteiger partial charge in [0, 0.05) is 31.1 Å². The van der Waals surface area contributed by atoms with Crippen LogP contribution >= 0.6 is 0 Å². The summed E-state index contributed by atoms with van der Waals surface area (Å²) in [6.07, 6.45) is 1.01. The maximum Gasteiger partial charge on any atom is 0.407 e. The first-order valence-corrected chi connectivity index (χ1v) is 11.5. The maximum absolute atomic E-state index is 13.6. The van der Waals surface area contributed by atoms with Crippen LogP contribution in [0.2, 0.25) is 0 Å². The van der Waals surface area contributed by atoms with E-state index in [0.717, 1.165) is 17.2 Å². The fourth-order valence-electron chi connectivity index (χ4n) is 4.50. The van der Waals surface area contributed by atoms with E-state index in [1.54, 1.807) is 4.52 Å². The number of hydrogen-bond donors (Lipinski definition) is 3. The Hall–Kier alpha value is -4.74. The van der Waals surface area contributed by atoms with Crippen LogP contribution in [0.3, 0.4) is 0 Å². The topological polar surface area (TPSA) is 148 Å². The predicted octanol–water partition coefficient (Wildman–Crippen LogP) is 2.92. The molecule has 1 aliphatic rings. The smallest absolute Gasteiger partial charge is 0.407 e. The van der Waals surface area contributed by atoms with E-state index in [4.69, 9.17) is 15.5 Å². The molecule has 1 saturated heterocycles. The quantitative estimate of drug-likeness (QED) is 0.362. The number of benzene rings is 2. The Morgan fingerprint density at radius 1 is 1.24 bits per heavy atom. The molecule has 0 aliphatic carbocycles. The van der Waals surface area contributed by atoms with E-state index in [1.807, 2.05) is 24.3 Å². The number of nitrogens with zero attached hydrogens (tertiary/aromatic N) is 5. The third-order valence-electron chi connectivity index (χ3n) is 6.40. The SMILES string of the molecule is COc1ccc(F)cc1C(=O)NCc1ccc(-c2nc([C@@H]3CCN(C(=O)O)C3)n3ncnc(N)c23)cc1. The number of imidazole rings is 1. The second-order valence-corrected chi connectivity index (χ2v) is 8.66. The lowest BCUT2D eigenvalue weighted by Gasteiger charge is -2.11. The lowest BCUT2D eigenvalue weighted by atomic mass is 10.1. The second-order valence-electron chi connectivity index (χ2n) is 8.66. The first kappa shape index (κ1) is 24.0. The number of amides is 2. The summed E-state index contributed by atoms with van der Waals surface area (Å²) in [4.78, 5) is 34.2. The van der Waals surface area contributed by atoms with E-state index >= 15 is 0 Å². The molecular formula is C25H24FN7O4. The van der Waals surface area contributed by atoms with Crippen LogP contribution in [0.15, 0.2) is 48.8 Å². The van der Waals surface area contributed by atoms with Gasteiger partial charge in [-0.3, -0.25) is 4.79 Å². The predicted molar refractivity (Wildman–Crippen MR) is 132 cm³/mol. The number of carboxylic acid groups (broad SMARTS) is 1. The number of likely N-dealkylation sites (tertiary alicyclic amines) is 1. The Balaban J connectivity index is 1.38. The Kier molecular flexibility index (Phi) is 6.30. The van der Waals surface area contributed by atoms with Crippen LogP contribution in [0.5, 0.6) is 5.75 Å². The van der Waals surface area contributed by atoms with Crippen LogP contribution in [0.1, 0.15) is 34.1 Å². The third kappa shape index (κ3) is 4.60. The maximum atomic E-state index is 13.6. The molecule has 2 aromatic heterocycles. The fraction of sp³-hybridized carbons (Fsp3) is 0.240. The van der Waals surface area contributed by atoms with Gasteiger partial charge < -0.3 is 25.8 Å². The van der Waals surface area contributed by atoms with Crippen molar-refractivity contribution in [1.29, 1.82) is 0 Å². The summed E-state index contributed by atoms with van der Waals surface area (Å²) >= 11 is 0. The number of nitrogens with two attached hydrogens (primary N) is 1. The molecule has 3 heterocycles. The number of carbonyl (C=O) groups is 2. The zero-order valence-electron chi connectivity index (χ0n) is 19.9. The Morgan fingerprint density at radius 2 is 2.03 bits per heavy atom. The molecule has 1 atom stereocenters. The van der Waals surface area contributed by atoms with E-state index in [2.05, 4.69) is 15.4 Å². The zero-order chi connectivity index (χ0) is 26.1. The van der Waals surface area contributed by atoms with E-state index in [9.17, 15) is 19.1 Å². The van der Waals surface area contributed by atoms with E-state index in [-0.39, 0.29) is 29.6 Å². The molecule has 190 valence electrons. The van der Waals surface area contributed by atoms with Crippen molar-refractivity contribution in [1.82, 2.24) is 29.8 Å². The highest BCUT2D eigenvalue weighted by Crippen LogP contribution is 2.33. The molecular weight excluding hydrogens is 481 g/mol. The molecule has 2 aromatic carbocycles. The summed E-state index contributed by atoms with van der Waals surface area (Å²) in [7, 11) is 1.42. The molecule has 37 heavy (non-hydrogen) atoms. The molecule has 0 saturated carbocycles. The average molecular weight is 506 g/mol. The van der Waals surface area contributed by atoms with Gasteiger partial charge in [-0.1, -0.05) is 24.3 Å². The minimum absolute atomic E-state index is 0.111. The van der Waals surface area contributed by atoms with Gasteiger partial charge >= 0.3 is 6.09 Å². The molecule has 1 fully saturated rings. The van der Waals surface area contributed by atoms with Gasteiger partial charge in [-0.25, -0.2) is 23.7 Å². The van der Waals surface area contributed by atoms with E-state index in [1.165, 1.54) is 30.5 Å². The van der Waals surface area contributed by atoms with Crippen LogP contribution in [0, 0.1) is 5.82 Å². The first-order chi connectivity index (χ1) is 17.9. The highest BCUT2D eigenvalue weighted by atomic mass is 19.1. The van der Waals surface area contributed by atoms with Crippen molar-refractivity contribution < 1.29 is 23.8 Å². The van der Waals surface area contributed by atoms with Gasteiger partial charge in [0.1, 0.15) is 34.9 Å². The van der Waals surface area contributed by atoms with Crippen LogP contribution in [-0.4, -0.2) is 61.8 Å². The lowest BCUT2D eigenvalue weighted by molar-refractivity contribution is 0.0947. The van der Waals surface area contributed by atoms with Crippen molar-refractivity contribution in [3.8, 4) is 17.0 Å². The van der Waals surface area contributed by atoms with Gasteiger partial charge in [-0.2, -0.15) is 5.10 Å². The molecule has 5 rings (SSSR count). The monoisotopic (exact) mass is 505 g/mol. The summed E-state index contributed by atoms with van der Waals surface area (Å²) in [5.74, 6) is 0.0622. The molecule has 0 spiro atoms. The molecule has 11 nitrogen and oxygen atoms in total. The van der Waals surface area contributed by atoms with Crippen molar-refractivity contribution in [2.24, 2.45) is 0 Å². The molecule has 4 aromatic rings. The minimum atomic E-state index is -0.962. The number of aromatic nitrogens is 4. The van der Waals surface area contributed by atoms with Crippen molar-refractivity contribution in [3.05, 3.63) is 71.6 Å². The van der Waals surface area contributed by atoms with Gasteiger partial charge in [0.2, 0.25) is 0 Å². The number of hydrogen-bond acceptors (Lipinski definition) is 7. The van der Waals surface area contributed by atoms with Crippen LogP contribution in [0.25, 0.3) is 16.8 Å². The van der Waals surface area contributed by atoms with Crippen molar-refractivity contribution in [2.75, 3.05) is 25.9 Å². The van der Waals surface area contributed by atoms with Crippen LogP contribution in [-0.2, 0) is 6.54 Å². The summed E-state index contributed by atoms with van der Waals surface area (Å²) in [5, 5.41) is 16.4. The molecule has 12 heteroatoms. The molecule has 0 radical (unpaired) electrons. The fourth-order valence-corrected chi connectivity index (χ4v) is 4.50. The number of halogens is 1. The van der Waals surface area contributed by atoms with E-state index < -0.39 is 17.8 Å². The van der Waals surface area contributed by atoms with Crippen molar-refractivity contribution in [2.45, 2.75) is 18.9 Å². The summed E-state index contributed by atoms with van der Waals surface area (Å²) in [6.45, 7) is 0.964. The highest BCUT2D eigenvalue weighted by molar-refractivity contribution is 5.97. The third-order valence-corrected chi connectivity index (χ3v) is 6.40. The largest absolute Gasteiger partial charge is 0.496 e. The molecule has 2 amide bonds. The van der Waals surface area contributed by atoms with Crippen molar-refractivity contribution in [3.63, 3.8) is 0 Å². The number of methoxy groups -OCH3 is 1. The van der Waals surface area contributed by atoms with Gasteiger partial charge in [0.15, 0.2) is 5.82 Å². The number of ether oxygens (including phenoxy) is 1. The first-order valence-electron chi connectivity index (χ1n) is 11.5. The van der Waals surface area contributed by atoms with E-state index in [0.29, 0.717) is 36.5 Å². The Bertz CT molecular complexity index is 1490. The van der Waals surface area contributed by atoms with Crippen molar-refractivity contribution >= 4 is 23.3 Å². The summed E-state index contributed by atoms with van der Waals surface area (Å²) in [5.41, 5.74) is 9.00. The number of fused-ring (bicyclic) bond motifs is 1. The molecule has 1 aliphatic heterocycles. The normalized spacial score (nSPS) is 15.2. The number of nitrogens with one attached hydrogen (secondary N) is 1. The number of rotatable bonds is 6.